The number of hydrogen-bond acceptors (Lipinski definition) is 15. The Morgan fingerprint density at radius 2 is 1.67 bits per heavy atom. The van der Waals surface area contributed by atoms with Crippen molar-refractivity contribution < 1.29 is 51.4 Å². The van der Waals surface area contributed by atoms with Crippen LogP contribution in [0.25, 0.3) is 11.1 Å². The van der Waals surface area contributed by atoms with Crippen LogP contribution in [0, 0.1) is 6.92 Å². The number of hydrogen-bond donors (Lipinski definition) is 3. The Morgan fingerprint density at radius 1 is 0.925 bits per heavy atom. The fraction of sp³-hybridized carbons (Fsp3) is 0.370. The molecule has 6 heterocycles. The van der Waals surface area contributed by atoms with Crippen LogP contribution in [0.15, 0.2) is 77.1 Å². The number of aryl methyl sites for hydroxylation is 1. The van der Waals surface area contributed by atoms with Gasteiger partial charge in [0.25, 0.3) is 17.7 Å². The summed E-state index contributed by atoms with van der Waals surface area (Å²) in [6.45, 7) is 6.44. The van der Waals surface area contributed by atoms with Crippen molar-refractivity contribution in [3.8, 4) is 17.0 Å². The Kier molecular flexibility index (Phi) is 14.0. The van der Waals surface area contributed by atoms with Crippen molar-refractivity contribution in [1.82, 2.24) is 25.1 Å². The van der Waals surface area contributed by atoms with E-state index in [1.54, 1.807) is 18.3 Å². The molecule has 2 aromatic carbocycles. The van der Waals surface area contributed by atoms with Gasteiger partial charge in [-0.1, -0.05) is 6.07 Å². The number of nitrogens with zero attached hydrogens (tertiary/aromatic N) is 7. The SMILES string of the molecule is Cc1ncc(NC(=O)c2cccc(C(F)(F)F)c2)cc1-c1cnc(OCCOC2CCN(CC(C=Nc3ccc4c(c3)C(=O)N(C3CC(=O)NC(=O)C3)C4=O)=NN)CC2)c(N2CCOCC2)c1. The number of imide groups is 2. The van der Waals surface area contributed by atoms with E-state index in [4.69, 9.17) is 20.1 Å². The molecule has 0 saturated carbocycles. The predicted molar refractivity (Wildman–Crippen MR) is 238 cm³/mol. The smallest absolute Gasteiger partial charge is 0.416 e. The van der Waals surface area contributed by atoms with Gasteiger partial charge in [0.05, 0.1) is 78.2 Å². The third-order valence-corrected chi connectivity index (χ3v) is 11.8. The minimum atomic E-state index is -4.59. The van der Waals surface area contributed by atoms with Crippen LogP contribution in [0.1, 0.15) is 68.0 Å². The van der Waals surface area contributed by atoms with Crippen molar-refractivity contribution in [2.75, 3.05) is 69.4 Å². The molecule has 0 unspecified atom stereocenters. The van der Waals surface area contributed by atoms with Crippen molar-refractivity contribution in [2.45, 2.75) is 50.9 Å². The van der Waals surface area contributed by atoms with Crippen LogP contribution in [0.3, 0.4) is 0 Å². The van der Waals surface area contributed by atoms with Crippen molar-refractivity contribution in [1.29, 1.82) is 0 Å². The van der Waals surface area contributed by atoms with Crippen LogP contribution in [-0.2, 0) is 25.2 Å². The van der Waals surface area contributed by atoms with Crippen molar-refractivity contribution in [2.24, 2.45) is 15.9 Å². The number of amides is 5. The average molecular weight is 925 g/mol. The third-order valence-electron chi connectivity index (χ3n) is 11.8. The highest BCUT2D eigenvalue weighted by molar-refractivity contribution is 6.32. The number of likely N-dealkylation sites (tertiary alicyclic amines) is 1. The van der Waals surface area contributed by atoms with Gasteiger partial charge >= 0.3 is 6.18 Å². The molecule has 0 bridgehead atoms. The summed E-state index contributed by atoms with van der Waals surface area (Å²) < 4.78 is 57.9. The normalized spacial score (nSPS) is 17.9. The molecular formula is C46H47F3N10O8. The second kappa shape index (κ2) is 20.2. The lowest BCUT2D eigenvalue weighted by Crippen LogP contribution is -2.50. The molecule has 0 atom stereocenters. The van der Waals surface area contributed by atoms with Crippen molar-refractivity contribution in [3.05, 3.63) is 94.9 Å². The van der Waals surface area contributed by atoms with E-state index in [9.17, 15) is 37.1 Å². The lowest BCUT2D eigenvalue weighted by molar-refractivity contribution is -0.138. The monoisotopic (exact) mass is 924 g/mol. The molecule has 21 heteroatoms. The highest BCUT2D eigenvalue weighted by Gasteiger charge is 2.43. The number of anilines is 2. The number of alkyl halides is 3. The molecule has 3 fully saturated rings. The van der Waals surface area contributed by atoms with Gasteiger partial charge in [-0.25, -0.2) is 4.98 Å². The van der Waals surface area contributed by atoms with E-state index in [1.165, 1.54) is 36.7 Å². The second-order valence-electron chi connectivity index (χ2n) is 16.4. The lowest BCUT2D eigenvalue weighted by Gasteiger charge is -2.32. The molecule has 67 heavy (non-hydrogen) atoms. The van der Waals surface area contributed by atoms with Gasteiger partial charge in [0, 0.05) is 74.1 Å². The van der Waals surface area contributed by atoms with Gasteiger partial charge in [-0.2, -0.15) is 18.3 Å². The standard InChI is InChI=1S/C46H47F3N10O8/c1-27-37(20-32(24-51-27)54-42(62)28-3-2-4-30(17-28)46(47,48)49)29-18-39(58-11-13-65-14-12-58)43(53-23-29)67-16-15-66-35-7-9-57(10-8-35)26-33(56-50)25-52-31-5-6-36-38(19-31)45(64)59(44(36)63)34-21-40(60)55-41(61)22-34/h2-6,17-20,23-25,34-35H,7-16,21-22,26,50H2,1H3,(H,54,62)(H,55,60,61). The summed E-state index contributed by atoms with van der Waals surface area (Å²) in [5.74, 6) is 3.22. The van der Waals surface area contributed by atoms with Crippen LogP contribution in [0.2, 0.25) is 0 Å². The van der Waals surface area contributed by atoms with Crippen LogP contribution in [-0.4, -0.2) is 133 Å². The molecule has 0 spiro atoms. The molecule has 4 N–H and O–H groups in total. The topological polar surface area (TPSA) is 223 Å². The number of carbonyl (C=O) groups is 5. The molecule has 4 aliphatic heterocycles. The van der Waals surface area contributed by atoms with Crippen LogP contribution >= 0.6 is 0 Å². The van der Waals surface area contributed by atoms with Gasteiger partial charge in [0.15, 0.2) is 0 Å². The minimum Gasteiger partial charge on any atom is -0.474 e. The molecular weight excluding hydrogens is 878 g/mol. The molecule has 4 aliphatic rings. The Morgan fingerprint density at radius 3 is 2.40 bits per heavy atom. The summed E-state index contributed by atoms with van der Waals surface area (Å²) in [7, 11) is 0. The van der Waals surface area contributed by atoms with E-state index in [1.807, 2.05) is 13.0 Å². The van der Waals surface area contributed by atoms with Crippen LogP contribution in [0.5, 0.6) is 5.88 Å². The number of hydrazone groups is 1. The zero-order chi connectivity index (χ0) is 47.2. The molecule has 0 radical (unpaired) electrons. The largest absolute Gasteiger partial charge is 0.474 e. The van der Waals surface area contributed by atoms with Crippen LogP contribution in [0.4, 0.5) is 30.2 Å². The van der Waals surface area contributed by atoms with E-state index in [0.29, 0.717) is 92.3 Å². The summed E-state index contributed by atoms with van der Waals surface area (Å²) in [4.78, 5) is 81.9. The first-order chi connectivity index (χ1) is 32.2. The lowest BCUT2D eigenvalue weighted by atomic mass is 10.0. The highest BCUT2D eigenvalue weighted by atomic mass is 19.4. The number of morpholine rings is 1. The fourth-order valence-corrected chi connectivity index (χ4v) is 8.34. The van der Waals surface area contributed by atoms with Gasteiger partial charge in [-0.15, -0.1) is 0 Å². The maximum Gasteiger partial charge on any atom is 0.416 e. The number of aliphatic imine (C=N–C) groups is 1. The van der Waals surface area contributed by atoms with E-state index in [0.717, 1.165) is 35.6 Å². The number of ether oxygens (including phenoxy) is 3. The molecule has 18 nitrogen and oxygen atoms in total. The van der Waals surface area contributed by atoms with Crippen LogP contribution < -0.4 is 26.1 Å². The van der Waals surface area contributed by atoms with Gasteiger partial charge in [0.1, 0.15) is 12.3 Å². The molecule has 4 aromatic rings. The number of benzene rings is 2. The number of halogens is 3. The highest BCUT2D eigenvalue weighted by Crippen LogP contribution is 2.35. The zero-order valence-corrected chi connectivity index (χ0v) is 36.4. The minimum absolute atomic E-state index is 0.00926. The maximum absolute atomic E-state index is 13.3. The quantitative estimate of drug-likeness (QED) is 0.0521. The summed E-state index contributed by atoms with van der Waals surface area (Å²) >= 11 is 0. The molecule has 5 amide bonds. The Hall–Kier alpha value is -7.10. The van der Waals surface area contributed by atoms with E-state index in [2.05, 4.69) is 40.5 Å². The van der Waals surface area contributed by atoms with Crippen molar-refractivity contribution >= 4 is 58.5 Å². The number of piperidine rings is 2. The number of nitrogens with one attached hydrogen (secondary N) is 2. The van der Waals surface area contributed by atoms with Crippen molar-refractivity contribution in [3.63, 3.8) is 0 Å². The second-order valence-corrected chi connectivity index (χ2v) is 16.4. The first kappa shape index (κ1) is 46.4. The number of pyridine rings is 2. The summed E-state index contributed by atoms with van der Waals surface area (Å²) in [5.41, 5.74) is 3.22. The Balaban J connectivity index is 0.829. The van der Waals surface area contributed by atoms with Gasteiger partial charge in [-0.3, -0.25) is 49.1 Å². The molecule has 3 saturated heterocycles. The summed E-state index contributed by atoms with van der Waals surface area (Å²) in [6, 6.07) is 11.6. The van der Waals surface area contributed by atoms with E-state index in [-0.39, 0.29) is 42.2 Å². The van der Waals surface area contributed by atoms with Gasteiger partial charge < -0.3 is 30.3 Å². The zero-order valence-electron chi connectivity index (χ0n) is 36.4. The average Bonchev–Trinajstić information content (AvgIpc) is 3.57. The third kappa shape index (κ3) is 11.0. The number of nitrogens with two attached hydrogens (primary N) is 1. The Bertz CT molecular complexity index is 2610. The molecule has 0 aliphatic carbocycles. The summed E-state index contributed by atoms with van der Waals surface area (Å²) in [6.07, 6.45) is 1.22. The van der Waals surface area contributed by atoms with Gasteiger partial charge in [-0.05, 0) is 68.3 Å². The molecule has 2 aromatic heterocycles. The molecule has 8 rings (SSSR count). The summed E-state index contributed by atoms with van der Waals surface area (Å²) in [5, 5.41) is 8.76. The number of rotatable bonds is 14. The number of fused-ring (bicyclic) bond motifs is 1. The Labute approximate surface area is 382 Å². The van der Waals surface area contributed by atoms with Gasteiger partial charge in [0.2, 0.25) is 17.7 Å². The number of aromatic nitrogens is 2. The predicted octanol–water partition coefficient (Wildman–Crippen LogP) is 4.54. The first-order valence-corrected chi connectivity index (χ1v) is 21.6. The van der Waals surface area contributed by atoms with E-state index >= 15 is 0 Å². The number of carbonyl (C=O) groups excluding carboxylic acids is 5. The molecule has 350 valence electrons. The maximum atomic E-state index is 13.3. The van der Waals surface area contributed by atoms with E-state index < -0.39 is 47.3 Å². The fourth-order valence-electron chi connectivity index (χ4n) is 8.34. The first-order valence-electron chi connectivity index (χ1n) is 21.6.